The first-order valence-electron chi connectivity index (χ1n) is 7.45. The van der Waals surface area contributed by atoms with Gasteiger partial charge in [-0.2, -0.15) is 0 Å². The van der Waals surface area contributed by atoms with Crippen molar-refractivity contribution in [1.82, 2.24) is 15.2 Å². The van der Waals surface area contributed by atoms with Gasteiger partial charge in [-0.05, 0) is 44.6 Å². The van der Waals surface area contributed by atoms with Gasteiger partial charge in [0.1, 0.15) is 0 Å². The molecule has 3 nitrogen and oxygen atoms in total. The zero-order chi connectivity index (χ0) is 14.4. The van der Waals surface area contributed by atoms with E-state index in [1.165, 1.54) is 17.4 Å². The third-order valence-corrected chi connectivity index (χ3v) is 3.47. The highest BCUT2D eigenvalue weighted by molar-refractivity contribution is 5.82. The zero-order valence-corrected chi connectivity index (χ0v) is 12.8. The quantitative estimate of drug-likeness (QED) is 0.785. The largest absolute Gasteiger partial charge is 0.315 e. The number of nitrogens with one attached hydrogen (secondary N) is 1. The lowest BCUT2D eigenvalue weighted by Gasteiger charge is -2.18. The standard InChI is InChI=1S/C17H25N3/c1-4-9-18-10-11-20(3)13-15-12-14(2)19-17-8-6-5-7-16(15)17/h5-8,12,18H,4,9-11,13H2,1-3H3. The fourth-order valence-electron chi connectivity index (χ4n) is 2.47. The fourth-order valence-corrected chi connectivity index (χ4v) is 2.47. The lowest BCUT2D eigenvalue weighted by Crippen LogP contribution is -2.29. The summed E-state index contributed by atoms with van der Waals surface area (Å²) in [6.45, 7) is 8.45. The predicted octanol–water partition coefficient (Wildman–Crippen LogP) is 2.97. The van der Waals surface area contributed by atoms with E-state index in [0.29, 0.717) is 0 Å². The number of hydrogen-bond acceptors (Lipinski definition) is 3. The van der Waals surface area contributed by atoms with Crippen molar-refractivity contribution in [2.75, 3.05) is 26.7 Å². The van der Waals surface area contributed by atoms with Crippen LogP contribution in [0, 0.1) is 6.92 Å². The van der Waals surface area contributed by atoms with Gasteiger partial charge in [-0.1, -0.05) is 25.1 Å². The summed E-state index contributed by atoms with van der Waals surface area (Å²) in [7, 11) is 2.18. The highest BCUT2D eigenvalue weighted by Gasteiger charge is 2.06. The summed E-state index contributed by atoms with van der Waals surface area (Å²) < 4.78 is 0. The number of nitrogens with zero attached hydrogens (tertiary/aromatic N) is 2. The fraction of sp³-hybridized carbons (Fsp3) is 0.471. The van der Waals surface area contributed by atoms with Crippen LogP contribution >= 0.6 is 0 Å². The Balaban J connectivity index is 2.05. The number of hydrogen-bond donors (Lipinski definition) is 1. The number of benzene rings is 1. The molecule has 0 saturated carbocycles. The van der Waals surface area contributed by atoms with Gasteiger partial charge in [0.25, 0.3) is 0 Å². The summed E-state index contributed by atoms with van der Waals surface area (Å²) in [4.78, 5) is 6.96. The van der Waals surface area contributed by atoms with Crippen molar-refractivity contribution < 1.29 is 0 Å². The highest BCUT2D eigenvalue weighted by Crippen LogP contribution is 2.19. The van der Waals surface area contributed by atoms with Crippen molar-refractivity contribution in [3.8, 4) is 0 Å². The molecule has 0 bridgehead atoms. The van der Waals surface area contributed by atoms with Gasteiger partial charge in [0.15, 0.2) is 0 Å². The van der Waals surface area contributed by atoms with Crippen molar-refractivity contribution in [2.24, 2.45) is 0 Å². The molecule has 2 aromatic rings. The van der Waals surface area contributed by atoms with Crippen molar-refractivity contribution in [3.05, 3.63) is 41.6 Å². The Bertz CT molecular complexity index is 551. The average molecular weight is 271 g/mol. The number of rotatable bonds is 7. The van der Waals surface area contributed by atoms with E-state index in [9.17, 15) is 0 Å². The van der Waals surface area contributed by atoms with Crippen LogP contribution < -0.4 is 5.32 Å². The molecule has 3 heteroatoms. The van der Waals surface area contributed by atoms with E-state index < -0.39 is 0 Å². The van der Waals surface area contributed by atoms with E-state index in [1.807, 2.05) is 0 Å². The van der Waals surface area contributed by atoms with Gasteiger partial charge in [0, 0.05) is 30.7 Å². The molecule has 1 N–H and O–H groups in total. The second kappa shape index (κ2) is 7.36. The molecule has 108 valence electrons. The third kappa shape index (κ3) is 4.02. The predicted molar refractivity (Wildman–Crippen MR) is 86.0 cm³/mol. The minimum atomic E-state index is 0.970. The summed E-state index contributed by atoms with van der Waals surface area (Å²) in [6.07, 6.45) is 1.19. The van der Waals surface area contributed by atoms with Crippen LogP contribution in [-0.4, -0.2) is 36.6 Å². The molecule has 0 saturated heterocycles. The maximum Gasteiger partial charge on any atom is 0.0708 e. The summed E-state index contributed by atoms with van der Waals surface area (Å²) in [6, 6.07) is 10.6. The molecular formula is C17H25N3. The number of para-hydroxylation sites is 1. The number of likely N-dealkylation sites (N-methyl/N-ethyl adjacent to an activating group) is 1. The molecule has 0 aliphatic rings. The van der Waals surface area contributed by atoms with Crippen LogP contribution in [0.1, 0.15) is 24.6 Å². The molecule has 0 aliphatic heterocycles. The summed E-state index contributed by atoms with van der Waals surface area (Å²) in [5.74, 6) is 0. The number of aryl methyl sites for hydroxylation is 1. The van der Waals surface area contributed by atoms with E-state index in [2.05, 4.69) is 66.4 Å². The number of aromatic nitrogens is 1. The molecule has 0 amide bonds. The monoisotopic (exact) mass is 271 g/mol. The summed E-state index contributed by atoms with van der Waals surface area (Å²) >= 11 is 0. The third-order valence-electron chi connectivity index (χ3n) is 3.47. The Morgan fingerprint density at radius 3 is 2.80 bits per heavy atom. The minimum Gasteiger partial charge on any atom is -0.315 e. The molecule has 0 fully saturated rings. The van der Waals surface area contributed by atoms with E-state index >= 15 is 0 Å². The molecule has 1 heterocycles. The molecule has 1 aromatic heterocycles. The van der Waals surface area contributed by atoms with Crippen molar-refractivity contribution in [2.45, 2.75) is 26.8 Å². The normalized spacial score (nSPS) is 11.4. The van der Waals surface area contributed by atoms with E-state index in [0.717, 1.165) is 37.4 Å². The molecule has 0 aliphatic carbocycles. The van der Waals surface area contributed by atoms with Gasteiger partial charge >= 0.3 is 0 Å². The van der Waals surface area contributed by atoms with E-state index in [-0.39, 0.29) is 0 Å². The topological polar surface area (TPSA) is 28.2 Å². The second-order valence-corrected chi connectivity index (χ2v) is 5.43. The van der Waals surface area contributed by atoms with Gasteiger partial charge in [0.2, 0.25) is 0 Å². The lowest BCUT2D eigenvalue weighted by molar-refractivity contribution is 0.325. The summed E-state index contributed by atoms with van der Waals surface area (Å²) in [5.41, 5.74) is 3.56. The number of fused-ring (bicyclic) bond motifs is 1. The van der Waals surface area contributed by atoms with Crippen LogP contribution in [0.15, 0.2) is 30.3 Å². The van der Waals surface area contributed by atoms with Gasteiger partial charge in [-0.25, -0.2) is 0 Å². The Hall–Kier alpha value is -1.45. The molecular weight excluding hydrogens is 246 g/mol. The van der Waals surface area contributed by atoms with E-state index in [4.69, 9.17) is 0 Å². The maximum absolute atomic E-state index is 4.60. The Morgan fingerprint density at radius 2 is 2.00 bits per heavy atom. The Morgan fingerprint density at radius 1 is 1.20 bits per heavy atom. The first-order chi connectivity index (χ1) is 9.70. The van der Waals surface area contributed by atoms with Crippen LogP contribution in [0.4, 0.5) is 0 Å². The molecule has 20 heavy (non-hydrogen) atoms. The molecule has 0 spiro atoms. The van der Waals surface area contributed by atoms with Crippen molar-refractivity contribution in [3.63, 3.8) is 0 Å². The van der Waals surface area contributed by atoms with Gasteiger partial charge < -0.3 is 10.2 Å². The molecule has 1 aromatic carbocycles. The van der Waals surface area contributed by atoms with Crippen molar-refractivity contribution >= 4 is 10.9 Å². The maximum atomic E-state index is 4.60. The van der Waals surface area contributed by atoms with Crippen LogP contribution in [0.2, 0.25) is 0 Å². The highest BCUT2D eigenvalue weighted by atomic mass is 15.1. The van der Waals surface area contributed by atoms with Gasteiger partial charge in [-0.3, -0.25) is 4.98 Å². The molecule has 0 unspecified atom stereocenters. The average Bonchev–Trinajstić information content (AvgIpc) is 2.43. The molecule has 2 rings (SSSR count). The first kappa shape index (κ1) is 14.9. The van der Waals surface area contributed by atoms with Gasteiger partial charge in [-0.15, -0.1) is 0 Å². The van der Waals surface area contributed by atoms with E-state index in [1.54, 1.807) is 0 Å². The van der Waals surface area contributed by atoms with Crippen LogP contribution in [0.5, 0.6) is 0 Å². The van der Waals surface area contributed by atoms with Crippen LogP contribution in [-0.2, 0) is 6.54 Å². The Labute approximate surface area is 122 Å². The Kier molecular flexibility index (Phi) is 5.50. The SMILES string of the molecule is CCCNCCN(C)Cc1cc(C)nc2ccccc12. The lowest BCUT2D eigenvalue weighted by atomic mass is 10.1. The summed E-state index contributed by atoms with van der Waals surface area (Å²) in [5, 5.41) is 4.72. The second-order valence-electron chi connectivity index (χ2n) is 5.43. The molecule has 0 radical (unpaired) electrons. The number of pyridine rings is 1. The van der Waals surface area contributed by atoms with Crippen LogP contribution in [0.3, 0.4) is 0 Å². The molecule has 0 atom stereocenters. The first-order valence-corrected chi connectivity index (χ1v) is 7.45. The van der Waals surface area contributed by atoms with Gasteiger partial charge in [0.05, 0.1) is 5.52 Å². The smallest absolute Gasteiger partial charge is 0.0708 e. The van der Waals surface area contributed by atoms with Crippen LogP contribution in [0.25, 0.3) is 10.9 Å². The minimum absolute atomic E-state index is 0.970. The zero-order valence-electron chi connectivity index (χ0n) is 12.8. The van der Waals surface area contributed by atoms with Crippen molar-refractivity contribution in [1.29, 1.82) is 0 Å².